The fourth-order valence-electron chi connectivity index (χ4n) is 2.88. The maximum absolute atomic E-state index is 12.1. The van der Waals surface area contributed by atoms with E-state index in [2.05, 4.69) is 10.3 Å². The molecule has 2 aliphatic rings. The van der Waals surface area contributed by atoms with Crippen LogP contribution in [0.2, 0.25) is 0 Å². The molecule has 17 heavy (non-hydrogen) atoms. The third-order valence-electron chi connectivity index (χ3n) is 3.73. The first kappa shape index (κ1) is 10.4. The van der Waals surface area contributed by atoms with Crippen molar-refractivity contribution in [1.82, 2.24) is 10.3 Å². The SMILES string of the molecule is O=C1NC(=O)[C@]2(CC[C@@H](O)C2)c2ccncc21. The number of imide groups is 1. The summed E-state index contributed by atoms with van der Waals surface area (Å²) >= 11 is 0. The standard InChI is InChI=1S/C12H12N2O3/c15-7-1-3-12(5-7)9-2-4-13-6-8(9)10(16)14-11(12)17/h2,4,6-7,15H,1,3,5H2,(H,14,16,17)/t7-,12+/m1/s1. The van der Waals surface area contributed by atoms with Gasteiger partial charge in [-0.15, -0.1) is 0 Å². The molecule has 1 aliphatic carbocycles. The first-order chi connectivity index (χ1) is 8.13. The van der Waals surface area contributed by atoms with Crippen molar-refractivity contribution in [2.24, 2.45) is 0 Å². The zero-order chi connectivity index (χ0) is 12.0. The Labute approximate surface area is 97.9 Å². The number of rotatable bonds is 0. The Morgan fingerprint density at radius 1 is 1.47 bits per heavy atom. The zero-order valence-electron chi connectivity index (χ0n) is 9.14. The molecule has 5 nitrogen and oxygen atoms in total. The lowest BCUT2D eigenvalue weighted by atomic mass is 9.74. The van der Waals surface area contributed by atoms with Crippen molar-refractivity contribution < 1.29 is 14.7 Å². The molecule has 2 atom stereocenters. The van der Waals surface area contributed by atoms with Crippen molar-refractivity contribution >= 4 is 11.8 Å². The monoisotopic (exact) mass is 232 g/mol. The minimum atomic E-state index is -0.744. The molecule has 1 aromatic heterocycles. The van der Waals surface area contributed by atoms with Crippen LogP contribution < -0.4 is 5.32 Å². The molecule has 1 saturated carbocycles. The van der Waals surface area contributed by atoms with Crippen LogP contribution in [-0.4, -0.2) is 28.0 Å². The summed E-state index contributed by atoms with van der Waals surface area (Å²) in [6, 6.07) is 1.71. The largest absolute Gasteiger partial charge is 0.393 e. The number of carbonyl (C=O) groups excluding carboxylic acids is 2. The molecule has 0 bridgehead atoms. The Kier molecular flexibility index (Phi) is 2.06. The highest BCUT2D eigenvalue weighted by Gasteiger charge is 2.50. The molecule has 88 valence electrons. The minimum absolute atomic E-state index is 0.294. The predicted molar refractivity (Wildman–Crippen MR) is 58.2 cm³/mol. The van der Waals surface area contributed by atoms with Gasteiger partial charge in [0.15, 0.2) is 0 Å². The number of hydrogen-bond acceptors (Lipinski definition) is 4. The van der Waals surface area contributed by atoms with Crippen molar-refractivity contribution in [3.63, 3.8) is 0 Å². The van der Waals surface area contributed by atoms with Gasteiger partial charge in [0, 0.05) is 12.4 Å². The molecule has 0 saturated heterocycles. The van der Waals surface area contributed by atoms with Gasteiger partial charge in [-0.3, -0.25) is 19.9 Å². The van der Waals surface area contributed by atoms with E-state index in [9.17, 15) is 14.7 Å². The number of aromatic nitrogens is 1. The molecule has 0 unspecified atom stereocenters. The minimum Gasteiger partial charge on any atom is -0.393 e. The highest BCUT2D eigenvalue weighted by molar-refractivity contribution is 6.13. The number of carbonyl (C=O) groups is 2. The van der Waals surface area contributed by atoms with E-state index in [0.717, 1.165) is 0 Å². The second-order valence-corrected chi connectivity index (χ2v) is 4.68. The first-order valence-electron chi connectivity index (χ1n) is 5.62. The van der Waals surface area contributed by atoms with Gasteiger partial charge < -0.3 is 5.11 Å². The van der Waals surface area contributed by atoms with Crippen LogP contribution in [0.5, 0.6) is 0 Å². The molecule has 2 heterocycles. The average molecular weight is 232 g/mol. The third kappa shape index (κ3) is 1.32. The van der Waals surface area contributed by atoms with Gasteiger partial charge in [0.1, 0.15) is 0 Å². The number of pyridine rings is 1. The topological polar surface area (TPSA) is 79.3 Å². The fourth-order valence-corrected chi connectivity index (χ4v) is 2.88. The molecular formula is C12H12N2O3. The van der Waals surface area contributed by atoms with Gasteiger partial charge in [0.2, 0.25) is 5.91 Å². The Morgan fingerprint density at radius 2 is 2.29 bits per heavy atom. The smallest absolute Gasteiger partial charge is 0.259 e. The van der Waals surface area contributed by atoms with Gasteiger partial charge in [0.25, 0.3) is 5.91 Å². The summed E-state index contributed by atoms with van der Waals surface area (Å²) in [5, 5.41) is 12.0. The summed E-state index contributed by atoms with van der Waals surface area (Å²) in [6.07, 6.45) is 4.12. The van der Waals surface area contributed by atoms with Gasteiger partial charge in [-0.2, -0.15) is 0 Å². The molecule has 3 rings (SSSR count). The normalized spacial score (nSPS) is 31.5. The van der Waals surface area contributed by atoms with Crippen LogP contribution in [0.15, 0.2) is 18.5 Å². The Balaban J connectivity index is 2.19. The van der Waals surface area contributed by atoms with Crippen LogP contribution >= 0.6 is 0 Å². The fraction of sp³-hybridized carbons (Fsp3) is 0.417. The van der Waals surface area contributed by atoms with E-state index in [1.165, 1.54) is 6.20 Å². The van der Waals surface area contributed by atoms with Gasteiger partial charge in [-0.05, 0) is 30.9 Å². The molecule has 1 fully saturated rings. The molecule has 1 spiro atoms. The maximum atomic E-state index is 12.1. The lowest BCUT2D eigenvalue weighted by molar-refractivity contribution is -0.126. The van der Waals surface area contributed by atoms with E-state index in [0.29, 0.717) is 30.4 Å². The number of fused-ring (bicyclic) bond motifs is 2. The van der Waals surface area contributed by atoms with Crippen molar-refractivity contribution in [2.45, 2.75) is 30.8 Å². The molecule has 0 aromatic carbocycles. The molecular weight excluding hydrogens is 220 g/mol. The van der Waals surface area contributed by atoms with Crippen molar-refractivity contribution in [3.8, 4) is 0 Å². The van der Waals surface area contributed by atoms with Crippen LogP contribution in [0.4, 0.5) is 0 Å². The van der Waals surface area contributed by atoms with E-state index in [1.807, 2.05) is 0 Å². The number of hydrogen-bond donors (Lipinski definition) is 2. The van der Waals surface area contributed by atoms with E-state index in [4.69, 9.17) is 0 Å². The van der Waals surface area contributed by atoms with E-state index >= 15 is 0 Å². The van der Waals surface area contributed by atoms with E-state index < -0.39 is 17.4 Å². The summed E-state index contributed by atoms with van der Waals surface area (Å²) in [6.45, 7) is 0. The number of amides is 2. The van der Waals surface area contributed by atoms with Gasteiger partial charge >= 0.3 is 0 Å². The number of nitrogens with zero attached hydrogens (tertiary/aromatic N) is 1. The molecule has 1 aromatic rings. The lowest BCUT2D eigenvalue weighted by Gasteiger charge is -2.33. The molecule has 1 aliphatic heterocycles. The van der Waals surface area contributed by atoms with Crippen LogP contribution in [0.3, 0.4) is 0 Å². The van der Waals surface area contributed by atoms with Gasteiger partial charge in [-0.25, -0.2) is 0 Å². The first-order valence-corrected chi connectivity index (χ1v) is 5.62. The second-order valence-electron chi connectivity index (χ2n) is 4.68. The molecule has 5 heteroatoms. The second kappa shape index (κ2) is 3.37. The highest BCUT2D eigenvalue weighted by atomic mass is 16.3. The maximum Gasteiger partial charge on any atom is 0.259 e. The molecule has 2 amide bonds. The zero-order valence-corrected chi connectivity index (χ0v) is 9.14. The number of aliphatic hydroxyl groups excluding tert-OH is 1. The molecule has 0 radical (unpaired) electrons. The Hall–Kier alpha value is -1.75. The van der Waals surface area contributed by atoms with Crippen LogP contribution in [-0.2, 0) is 10.2 Å². The molecule has 2 N–H and O–H groups in total. The summed E-state index contributed by atoms with van der Waals surface area (Å²) in [4.78, 5) is 27.7. The van der Waals surface area contributed by atoms with Crippen molar-refractivity contribution in [1.29, 1.82) is 0 Å². The lowest BCUT2D eigenvalue weighted by Crippen LogP contribution is -2.51. The van der Waals surface area contributed by atoms with Crippen molar-refractivity contribution in [2.75, 3.05) is 0 Å². The highest BCUT2D eigenvalue weighted by Crippen LogP contribution is 2.44. The van der Waals surface area contributed by atoms with Crippen LogP contribution in [0.25, 0.3) is 0 Å². The number of aliphatic hydroxyl groups is 1. The summed E-state index contributed by atoms with van der Waals surface area (Å²) in [7, 11) is 0. The quantitative estimate of drug-likeness (QED) is 0.623. The summed E-state index contributed by atoms with van der Waals surface area (Å²) in [5.41, 5.74) is 0.407. The summed E-state index contributed by atoms with van der Waals surface area (Å²) < 4.78 is 0. The summed E-state index contributed by atoms with van der Waals surface area (Å²) in [5.74, 6) is -0.692. The van der Waals surface area contributed by atoms with E-state index in [1.54, 1.807) is 12.3 Å². The third-order valence-corrected chi connectivity index (χ3v) is 3.73. The van der Waals surface area contributed by atoms with Crippen LogP contribution in [0, 0.1) is 0 Å². The van der Waals surface area contributed by atoms with Crippen molar-refractivity contribution in [3.05, 3.63) is 29.6 Å². The number of nitrogens with one attached hydrogen (secondary N) is 1. The average Bonchev–Trinajstić information content (AvgIpc) is 2.71. The van der Waals surface area contributed by atoms with E-state index in [-0.39, 0.29) is 5.91 Å². The van der Waals surface area contributed by atoms with Gasteiger partial charge in [-0.1, -0.05) is 0 Å². The van der Waals surface area contributed by atoms with Crippen LogP contribution in [0.1, 0.15) is 35.2 Å². The van der Waals surface area contributed by atoms with Gasteiger partial charge in [0.05, 0.1) is 17.1 Å². The predicted octanol–water partition coefficient (Wildman–Crippen LogP) is 0.134. The Bertz CT molecular complexity index is 514. The Morgan fingerprint density at radius 3 is 3.00 bits per heavy atom.